The van der Waals surface area contributed by atoms with Crippen molar-refractivity contribution in [1.82, 2.24) is 9.13 Å². The second kappa shape index (κ2) is 10.4. The van der Waals surface area contributed by atoms with Crippen molar-refractivity contribution in [3.8, 4) is 39.7 Å². The highest BCUT2D eigenvalue weighted by Crippen LogP contribution is 2.37. The third-order valence-electron chi connectivity index (χ3n) is 9.18. The van der Waals surface area contributed by atoms with Crippen LogP contribution in [0, 0.1) is 11.3 Å². The molecule has 0 unspecified atom stereocenters. The van der Waals surface area contributed by atoms with Gasteiger partial charge in [0.25, 0.3) is 0 Å². The fourth-order valence-corrected chi connectivity index (χ4v) is 6.97. The van der Waals surface area contributed by atoms with E-state index < -0.39 is 0 Å². The average molecular weight is 586 g/mol. The minimum atomic E-state index is 0.670. The van der Waals surface area contributed by atoms with E-state index in [1.54, 1.807) is 0 Å². The zero-order valence-corrected chi connectivity index (χ0v) is 24.9. The van der Waals surface area contributed by atoms with Crippen LogP contribution in [-0.4, -0.2) is 9.13 Å². The number of nitrogens with zero attached hydrogens (tertiary/aromatic N) is 3. The maximum absolute atomic E-state index is 9.15. The van der Waals surface area contributed by atoms with Gasteiger partial charge in [0, 0.05) is 32.9 Å². The SMILES string of the molecule is N#Cc1ccc(-c2ccc(-n3c4ccccc4c4cc(-c5ccc(-n6c7ccccc7c7ccccc76)cc5)ccc43)cc2)cc1. The lowest BCUT2D eigenvalue weighted by Crippen LogP contribution is -1.94. The maximum atomic E-state index is 9.15. The normalized spacial score (nSPS) is 11.5. The number of benzene rings is 7. The number of fused-ring (bicyclic) bond motifs is 6. The minimum Gasteiger partial charge on any atom is -0.309 e. The fraction of sp³-hybridized carbons (Fsp3) is 0. The van der Waals surface area contributed by atoms with E-state index in [0.717, 1.165) is 22.5 Å². The largest absolute Gasteiger partial charge is 0.309 e. The van der Waals surface area contributed by atoms with Crippen LogP contribution in [0.1, 0.15) is 5.56 Å². The second-order valence-electron chi connectivity index (χ2n) is 11.7. The van der Waals surface area contributed by atoms with Gasteiger partial charge in [0.2, 0.25) is 0 Å². The van der Waals surface area contributed by atoms with E-state index in [2.05, 4.69) is 155 Å². The molecule has 2 aromatic heterocycles. The molecule has 0 aliphatic carbocycles. The molecule has 3 nitrogen and oxygen atoms in total. The van der Waals surface area contributed by atoms with Crippen molar-refractivity contribution in [1.29, 1.82) is 5.26 Å². The van der Waals surface area contributed by atoms with Crippen LogP contribution in [0.3, 0.4) is 0 Å². The molecule has 0 saturated heterocycles. The van der Waals surface area contributed by atoms with Gasteiger partial charge in [-0.2, -0.15) is 5.26 Å². The Bertz CT molecular complexity index is 2560. The number of rotatable bonds is 4. The summed E-state index contributed by atoms with van der Waals surface area (Å²) in [5.74, 6) is 0. The Labute approximate surface area is 266 Å². The Kier molecular flexibility index (Phi) is 5.88. The van der Waals surface area contributed by atoms with Crippen LogP contribution < -0.4 is 0 Å². The van der Waals surface area contributed by atoms with Crippen LogP contribution in [0.15, 0.2) is 164 Å². The molecule has 9 aromatic rings. The lowest BCUT2D eigenvalue weighted by Gasteiger charge is -2.11. The van der Waals surface area contributed by atoms with Gasteiger partial charge in [-0.05, 0) is 89.0 Å². The van der Waals surface area contributed by atoms with Crippen LogP contribution >= 0.6 is 0 Å². The zero-order chi connectivity index (χ0) is 30.6. The Hall–Kier alpha value is -6.37. The fourth-order valence-electron chi connectivity index (χ4n) is 6.97. The van der Waals surface area contributed by atoms with E-state index in [1.807, 2.05) is 24.3 Å². The lowest BCUT2D eigenvalue weighted by atomic mass is 10.0. The van der Waals surface area contributed by atoms with Gasteiger partial charge in [-0.1, -0.05) is 97.1 Å². The van der Waals surface area contributed by atoms with Crippen molar-refractivity contribution in [2.75, 3.05) is 0 Å². The molecule has 0 aliphatic heterocycles. The molecular weight excluding hydrogens is 558 g/mol. The van der Waals surface area contributed by atoms with Crippen molar-refractivity contribution >= 4 is 43.6 Å². The summed E-state index contributed by atoms with van der Waals surface area (Å²) < 4.78 is 4.71. The van der Waals surface area contributed by atoms with Gasteiger partial charge >= 0.3 is 0 Å². The quantitative estimate of drug-likeness (QED) is 0.202. The highest BCUT2D eigenvalue weighted by Gasteiger charge is 2.15. The monoisotopic (exact) mass is 585 g/mol. The van der Waals surface area contributed by atoms with Crippen LogP contribution in [0.5, 0.6) is 0 Å². The summed E-state index contributed by atoms with van der Waals surface area (Å²) in [6, 6.07) is 60.3. The number of nitriles is 1. The highest BCUT2D eigenvalue weighted by atomic mass is 15.0. The Morgan fingerprint density at radius 3 is 1.20 bits per heavy atom. The van der Waals surface area contributed by atoms with Crippen molar-refractivity contribution in [2.45, 2.75) is 0 Å². The summed E-state index contributed by atoms with van der Waals surface area (Å²) in [6.45, 7) is 0. The number of hydrogen-bond donors (Lipinski definition) is 0. The van der Waals surface area contributed by atoms with Gasteiger partial charge in [-0.3, -0.25) is 0 Å². The smallest absolute Gasteiger partial charge is 0.0991 e. The van der Waals surface area contributed by atoms with Crippen LogP contribution in [-0.2, 0) is 0 Å². The summed E-state index contributed by atoms with van der Waals surface area (Å²) in [6.07, 6.45) is 0. The summed E-state index contributed by atoms with van der Waals surface area (Å²) in [5, 5.41) is 14.2. The highest BCUT2D eigenvalue weighted by molar-refractivity contribution is 6.11. The van der Waals surface area contributed by atoms with E-state index in [0.29, 0.717) is 5.56 Å². The Morgan fingerprint density at radius 1 is 0.348 bits per heavy atom. The van der Waals surface area contributed by atoms with E-state index in [4.69, 9.17) is 5.26 Å². The van der Waals surface area contributed by atoms with Crippen molar-refractivity contribution in [3.05, 3.63) is 169 Å². The van der Waals surface area contributed by atoms with Gasteiger partial charge in [0.1, 0.15) is 0 Å². The molecule has 0 saturated carbocycles. The standard InChI is InChI=1S/C43H27N3/c44-28-29-13-15-30(16-14-29)31-17-22-35(23-18-31)46-42-12-6-3-9-38(42)39-27-33(21-26-43(39)46)32-19-24-34(25-20-32)45-40-10-4-1-7-36(40)37-8-2-5-11-41(37)45/h1-27H. The summed E-state index contributed by atoms with van der Waals surface area (Å²) in [5.41, 5.74) is 12.4. The van der Waals surface area contributed by atoms with Crippen molar-refractivity contribution in [3.63, 3.8) is 0 Å². The minimum absolute atomic E-state index is 0.670. The third-order valence-corrected chi connectivity index (χ3v) is 9.18. The topological polar surface area (TPSA) is 33.6 Å². The molecule has 0 N–H and O–H groups in total. The summed E-state index contributed by atoms with van der Waals surface area (Å²) in [4.78, 5) is 0. The molecule has 7 aromatic carbocycles. The molecule has 0 bridgehead atoms. The molecule has 0 atom stereocenters. The average Bonchev–Trinajstić information content (AvgIpc) is 3.64. The summed E-state index contributed by atoms with van der Waals surface area (Å²) >= 11 is 0. The van der Waals surface area contributed by atoms with Crippen LogP contribution in [0.2, 0.25) is 0 Å². The molecule has 0 spiro atoms. The molecule has 214 valence electrons. The van der Waals surface area contributed by atoms with E-state index in [-0.39, 0.29) is 0 Å². The molecule has 9 rings (SSSR count). The number of hydrogen-bond acceptors (Lipinski definition) is 1. The zero-order valence-electron chi connectivity index (χ0n) is 24.9. The molecule has 3 heteroatoms. The molecule has 0 amide bonds. The van der Waals surface area contributed by atoms with Crippen molar-refractivity contribution < 1.29 is 0 Å². The van der Waals surface area contributed by atoms with Gasteiger partial charge in [0.15, 0.2) is 0 Å². The molecule has 0 radical (unpaired) electrons. The third kappa shape index (κ3) is 4.05. The first kappa shape index (κ1) is 26.1. The Balaban J connectivity index is 1.11. The maximum Gasteiger partial charge on any atom is 0.0991 e. The molecule has 2 heterocycles. The second-order valence-corrected chi connectivity index (χ2v) is 11.7. The number of aromatic nitrogens is 2. The van der Waals surface area contributed by atoms with Crippen LogP contribution in [0.4, 0.5) is 0 Å². The van der Waals surface area contributed by atoms with E-state index in [1.165, 1.54) is 54.7 Å². The first-order valence-corrected chi connectivity index (χ1v) is 15.5. The van der Waals surface area contributed by atoms with Gasteiger partial charge < -0.3 is 9.13 Å². The summed E-state index contributed by atoms with van der Waals surface area (Å²) in [7, 11) is 0. The van der Waals surface area contributed by atoms with E-state index in [9.17, 15) is 0 Å². The molecule has 0 aliphatic rings. The lowest BCUT2D eigenvalue weighted by molar-refractivity contribution is 1.18. The van der Waals surface area contributed by atoms with Crippen LogP contribution in [0.25, 0.3) is 77.2 Å². The van der Waals surface area contributed by atoms with Gasteiger partial charge in [-0.25, -0.2) is 0 Å². The van der Waals surface area contributed by atoms with E-state index >= 15 is 0 Å². The van der Waals surface area contributed by atoms with Crippen molar-refractivity contribution in [2.24, 2.45) is 0 Å². The molecule has 46 heavy (non-hydrogen) atoms. The van der Waals surface area contributed by atoms with Gasteiger partial charge in [-0.15, -0.1) is 0 Å². The molecule has 0 fully saturated rings. The first-order chi connectivity index (χ1) is 22.8. The predicted molar refractivity (Wildman–Crippen MR) is 191 cm³/mol. The number of para-hydroxylation sites is 3. The first-order valence-electron chi connectivity index (χ1n) is 15.5. The predicted octanol–water partition coefficient (Wildman–Crippen LogP) is 11.1. The molecular formula is C43H27N3. The Morgan fingerprint density at radius 2 is 0.717 bits per heavy atom. The van der Waals surface area contributed by atoms with Gasteiger partial charge in [0.05, 0.1) is 33.7 Å².